The molecule has 5 nitrogen and oxygen atoms in total. The van der Waals surface area contributed by atoms with Gasteiger partial charge in [-0.15, -0.1) is 0 Å². The van der Waals surface area contributed by atoms with Gasteiger partial charge in [0.15, 0.2) is 0 Å². The first kappa shape index (κ1) is 26.2. The van der Waals surface area contributed by atoms with Crippen molar-refractivity contribution in [3.05, 3.63) is 63.9 Å². The van der Waals surface area contributed by atoms with Gasteiger partial charge in [0.25, 0.3) is 0 Å². The number of piperidine rings is 1. The predicted molar refractivity (Wildman–Crippen MR) is 127 cm³/mol. The molecular formula is C24H28Cl2FIN4O. The Balaban J connectivity index is 0.00000306. The fourth-order valence-corrected chi connectivity index (χ4v) is 5.23. The maximum absolute atomic E-state index is 13.6. The van der Waals surface area contributed by atoms with E-state index in [0.717, 1.165) is 31.5 Å². The number of anilines is 1. The fourth-order valence-electron chi connectivity index (χ4n) is 4.73. The van der Waals surface area contributed by atoms with Crippen molar-refractivity contribution in [2.45, 2.75) is 38.6 Å². The lowest BCUT2D eigenvalue weighted by atomic mass is 9.87. The zero-order valence-corrected chi connectivity index (χ0v) is 22.4. The molecule has 1 N–H and O–H groups in total. The highest BCUT2D eigenvalue weighted by Gasteiger charge is 2.43. The van der Waals surface area contributed by atoms with Gasteiger partial charge in [-0.25, -0.2) is 8.98 Å². The Labute approximate surface area is 221 Å². The van der Waals surface area contributed by atoms with Crippen LogP contribution in [0.2, 0.25) is 10.0 Å². The lowest BCUT2D eigenvalue weighted by Gasteiger charge is -2.36. The summed E-state index contributed by atoms with van der Waals surface area (Å²) in [4.78, 5) is 13.4. The van der Waals surface area contributed by atoms with E-state index in [1.807, 2.05) is 6.92 Å². The van der Waals surface area contributed by atoms with Crippen LogP contribution >= 0.6 is 23.2 Å². The standard InChI is InChI=1S/C24H27Cl2FN4O.HI/c1-3-19-22(24(32)29-31(2)13-5-4-6-14-31)28-30(21-12-9-17(25)15-20(21)26)23(19)16-7-10-18(27)11-8-16;/h7-12,15,19,23H,3-6,13-14H2,1-2H3;1H/t19-,23+;/m1./s1. The number of carbonyl (C=O) groups excluding carboxylic acids is 1. The number of nitrogens with one attached hydrogen (secondary N) is 1. The third kappa shape index (κ3) is 5.63. The van der Waals surface area contributed by atoms with Gasteiger partial charge >= 0.3 is 5.91 Å². The van der Waals surface area contributed by atoms with Crippen molar-refractivity contribution in [3.63, 3.8) is 0 Å². The van der Waals surface area contributed by atoms with Gasteiger partial charge in [-0.3, -0.25) is 9.80 Å². The molecule has 33 heavy (non-hydrogen) atoms. The summed E-state index contributed by atoms with van der Waals surface area (Å²) in [6.45, 7) is 3.85. The van der Waals surface area contributed by atoms with E-state index >= 15 is 0 Å². The normalized spacial score (nSPS) is 21.8. The van der Waals surface area contributed by atoms with Crippen LogP contribution in [0.3, 0.4) is 0 Å². The largest absolute Gasteiger partial charge is 1.00 e. The molecule has 0 saturated carbocycles. The molecule has 0 spiro atoms. The third-order valence-electron chi connectivity index (χ3n) is 6.43. The maximum Gasteiger partial charge on any atom is 0.312 e. The van der Waals surface area contributed by atoms with Crippen LogP contribution in [-0.4, -0.2) is 36.3 Å². The van der Waals surface area contributed by atoms with E-state index in [0.29, 0.717) is 32.5 Å². The van der Waals surface area contributed by atoms with Crippen LogP contribution in [-0.2, 0) is 4.79 Å². The van der Waals surface area contributed by atoms with Gasteiger partial charge < -0.3 is 24.0 Å². The van der Waals surface area contributed by atoms with Gasteiger partial charge in [-0.1, -0.05) is 42.3 Å². The van der Waals surface area contributed by atoms with Crippen LogP contribution in [0.4, 0.5) is 10.1 Å². The zero-order chi connectivity index (χ0) is 22.9. The average Bonchev–Trinajstić information content (AvgIpc) is 3.14. The van der Waals surface area contributed by atoms with Crippen molar-refractivity contribution in [3.8, 4) is 0 Å². The molecular weight excluding hydrogens is 577 g/mol. The molecule has 0 aliphatic carbocycles. The number of amides is 1. The number of hydrogen-bond donors (Lipinski definition) is 1. The number of likely N-dealkylation sites (tertiary alicyclic amines) is 1. The smallest absolute Gasteiger partial charge is 0.312 e. The molecule has 2 atom stereocenters. The highest BCUT2D eigenvalue weighted by Crippen LogP contribution is 2.43. The summed E-state index contributed by atoms with van der Waals surface area (Å²) in [6, 6.07) is 11.3. The molecule has 178 valence electrons. The average molecular weight is 605 g/mol. The summed E-state index contributed by atoms with van der Waals surface area (Å²) < 4.78 is 14.2. The molecule has 0 unspecified atom stereocenters. The third-order valence-corrected chi connectivity index (χ3v) is 6.96. The SMILES string of the molecule is CC[C@@H]1C(C(=O)N[N+]2(C)CCCCC2)=NN(c2ccc(Cl)cc2Cl)[C@H]1c1ccc(F)cc1.[I-]. The van der Waals surface area contributed by atoms with Gasteiger partial charge in [-0.2, -0.15) is 10.5 Å². The summed E-state index contributed by atoms with van der Waals surface area (Å²) in [5, 5.41) is 7.53. The Morgan fingerprint density at radius 1 is 1.15 bits per heavy atom. The van der Waals surface area contributed by atoms with Gasteiger partial charge in [0.2, 0.25) is 0 Å². The van der Waals surface area contributed by atoms with Crippen LogP contribution in [0.15, 0.2) is 47.6 Å². The van der Waals surface area contributed by atoms with Crippen molar-refractivity contribution in [2.24, 2.45) is 11.0 Å². The molecule has 1 fully saturated rings. The van der Waals surface area contributed by atoms with E-state index < -0.39 is 0 Å². The second-order valence-corrected chi connectivity index (χ2v) is 9.63. The van der Waals surface area contributed by atoms with Gasteiger partial charge in [0.1, 0.15) is 24.6 Å². The lowest BCUT2D eigenvalue weighted by molar-refractivity contribution is -0.947. The molecule has 2 aromatic rings. The summed E-state index contributed by atoms with van der Waals surface area (Å²) in [5.74, 6) is -0.651. The van der Waals surface area contributed by atoms with E-state index in [4.69, 9.17) is 28.3 Å². The summed E-state index contributed by atoms with van der Waals surface area (Å²) in [7, 11) is 2.05. The molecule has 0 radical (unpaired) electrons. The van der Waals surface area contributed by atoms with Crippen LogP contribution < -0.4 is 34.4 Å². The molecule has 2 aliphatic rings. The molecule has 4 rings (SSSR count). The van der Waals surface area contributed by atoms with Crippen molar-refractivity contribution in [2.75, 3.05) is 25.1 Å². The Kier molecular flexibility index (Phi) is 8.64. The minimum atomic E-state index is -0.308. The highest BCUT2D eigenvalue weighted by atomic mass is 127. The van der Waals surface area contributed by atoms with E-state index in [1.54, 1.807) is 35.3 Å². The molecule has 2 aliphatic heterocycles. The number of quaternary nitrogens is 1. The van der Waals surface area contributed by atoms with E-state index in [2.05, 4.69) is 12.5 Å². The minimum absolute atomic E-state index is 0. The number of hydrogen-bond acceptors (Lipinski definition) is 3. The van der Waals surface area contributed by atoms with E-state index in [1.165, 1.54) is 18.6 Å². The number of rotatable bonds is 5. The number of hydrazone groups is 1. The van der Waals surface area contributed by atoms with Crippen molar-refractivity contribution in [1.29, 1.82) is 0 Å². The Morgan fingerprint density at radius 2 is 1.82 bits per heavy atom. The highest BCUT2D eigenvalue weighted by molar-refractivity contribution is 6.40. The lowest BCUT2D eigenvalue weighted by Crippen LogP contribution is -3.00. The molecule has 9 heteroatoms. The summed E-state index contributed by atoms with van der Waals surface area (Å²) in [6.07, 6.45) is 4.06. The van der Waals surface area contributed by atoms with Crippen LogP contribution in [0.5, 0.6) is 0 Å². The molecule has 1 amide bonds. The molecule has 0 bridgehead atoms. The van der Waals surface area contributed by atoms with Crippen molar-refractivity contribution in [1.82, 2.24) is 5.43 Å². The summed E-state index contributed by atoms with van der Waals surface area (Å²) >= 11 is 12.6. The van der Waals surface area contributed by atoms with E-state index in [9.17, 15) is 9.18 Å². The molecule has 0 aromatic heterocycles. The first-order valence-electron chi connectivity index (χ1n) is 11.1. The second-order valence-electron chi connectivity index (χ2n) is 8.78. The quantitative estimate of drug-likeness (QED) is 0.421. The number of carbonyl (C=O) groups is 1. The molecule has 2 aromatic carbocycles. The predicted octanol–water partition coefficient (Wildman–Crippen LogP) is 2.74. The second kappa shape index (κ2) is 10.9. The van der Waals surface area contributed by atoms with Crippen LogP contribution in [0.25, 0.3) is 0 Å². The number of benzene rings is 2. The zero-order valence-electron chi connectivity index (χ0n) is 18.7. The fraction of sp³-hybridized carbons (Fsp3) is 0.417. The first-order chi connectivity index (χ1) is 15.3. The number of halogens is 4. The van der Waals surface area contributed by atoms with Crippen molar-refractivity contribution >= 4 is 40.5 Å². The maximum atomic E-state index is 13.6. The van der Waals surface area contributed by atoms with E-state index in [-0.39, 0.29) is 47.7 Å². The van der Waals surface area contributed by atoms with Gasteiger partial charge in [0, 0.05) is 10.9 Å². The number of nitrogens with zero attached hydrogens (tertiary/aromatic N) is 3. The monoisotopic (exact) mass is 604 g/mol. The topological polar surface area (TPSA) is 44.7 Å². The van der Waals surface area contributed by atoms with Crippen LogP contribution in [0.1, 0.15) is 44.2 Å². The summed E-state index contributed by atoms with van der Waals surface area (Å²) in [5.41, 5.74) is 5.20. The minimum Gasteiger partial charge on any atom is -1.00 e. The molecule has 2 heterocycles. The van der Waals surface area contributed by atoms with Crippen LogP contribution in [0, 0.1) is 11.7 Å². The first-order valence-corrected chi connectivity index (χ1v) is 11.8. The Hall–Kier alpha value is -1.42. The van der Waals surface area contributed by atoms with Gasteiger partial charge in [-0.05, 0) is 61.6 Å². The van der Waals surface area contributed by atoms with Crippen molar-refractivity contribution < 1.29 is 37.8 Å². The molecule has 1 saturated heterocycles. The Morgan fingerprint density at radius 3 is 2.42 bits per heavy atom. The Bertz CT molecular complexity index is 1030. The van der Waals surface area contributed by atoms with Gasteiger partial charge in [0.05, 0.1) is 23.8 Å².